The van der Waals surface area contributed by atoms with Crippen LogP contribution in [-0.2, 0) is 16.6 Å². The molecule has 7 nitrogen and oxygen atoms in total. The van der Waals surface area contributed by atoms with Gasteiger partial charge in [0.2, 0.25) is 5.91 Å². The standard InChI is InChI=1S/C28H24F3N3O4/c1-17-2-3-18(12-25(17)34(37)38)13-26(35)33-16-28(22-15-20(30)5-7-24(22)33)8-10-32(11-9-28)27(36)21-14-19(29)4-6-23(21)31/h2-7,12,14-15H,8-11,13,16H2,1H3. The zero-order chi connectivity index (χ0) is 27.2. The summed E-state index contributed by atoms with van der Waals surface area (Å²) >= 11 is 0. The molecular formula is C28H24F3N3O4. The summed E-state index contributed by atoms with van der Waals surface area (Å²) in [4.78, 5) is 40.1. The van der Waals surface area contributed by atoms with E-state index in [4.69, 9.17) is 0 Å². The molecule has 196 valence electrons. The first kappa shape index (κ1) is 25.4. The molecule has 5 rings (SSSR count). The van der Waals surface area contributed by atoms with E-state index in [1.54, 1.807) is 30.0 Å². The lowest BCUT2D eigenvalue weighted by Crippen LogP contribution is -2.48. The predicted molar refractivity (Wildman–Crippen MR) is 133 cm³/mol. The second kappa shape index (κ2) is 9.59. The van der Waals surface area contributed by atoms with Gasteiger partial charge in [-0.2, -0.15) is 0 Å². The molecule has 3 aromatic carbocycles. The van der Waals surface area contributed by atoms with E-state index in [2.05, 4.69) is 0 Å². The highest BCUT2D eigenvalue weighted by Crippen LogP contribution is 2.47. The number of carbonyl (C=O) groups excluding carboxylic acids is 2. The smallest absolute Gasteiger partial charge is 0.272 e. The van der Waals surface area contributed by atoms with Crippen molar-refractivity contribution in [1.29, 1.82) is 0 Å². The number of halogens is 3. The summed E-state index contributed by atoms with van der Waals surface area (Å²) in [6.07, 6.45) is 0.718. The molecule has 3 aromatic rings. The van der Waals surface area contributed by atoms with Crippen molar-refractivity contribution in [2.75, 3.05) is 24.5 Å². The van der Waals surface area contributed by atoms with Crippen molar-refractivity contribution in [1.82, 2.24) is 4.90 Å². The van der Waals surface area contributed by atoms with Crippen molar-refractivity contribution in [3.8, 4) is 0 Å². The van der Waals surface area contributed by atoms with Gasteiger partial charge in [0, 0.05) is 42.4 Å². The highest BCUT2D eigenvalue weighted by Gasteiger charge is 2.47. The van der Waals surface area contributed by atoms with Gasteiger partial charge in [0.25, 0.3) is 11.6 Å². The second-order valence-corrected chi connectivity index (χ2v) is 9.89. The number of fused-ring (bicyclic) bond motifs is 2. The molecule has 0 aliphatic carbocycles. The summed E-state index contributed by atoms with van der Waals surface area (Å²) in [5.41, 5.74) is 1.17. The number of benzene rings is 3. The number of nitro groups is 1. The van der Waals surface area contributed by atoms with Crippen LogP contribution in [0.4, 0.5) is 24.5 Å². The highest BCUT2D eigenvalue weighted by atomic mass is 19.1. The minimum absolute atomic E-state index is 0.0672. The number of carbonyl (C=O) groups is 2. The number of amides is 2. The van der Waals surface area contributed by atoms with Gasteiger partial charge >= 0.3 is 0 Å². The number of anilines is 1. The third-order valence-corrected chi connectivity index (χ3v) is 7.57. The predicted octanol–water partition coefficient (Wildman–Crippen LogP) is 5.08. The Kier molecular flexibility index (Phi) is 6.42. The SMILES string of the molecule is Cc1ccc(CC(=O)N2CC3(CCN(C(=O)c4cc(F)ccc4F)CC3)c3cc(F)ccc32)cc1[N+](=O)[O-]. The number of rotatable bonds is 4. The molecule has 2 amide bonds. The highest BCUT2D eigenvalue weighted by molar-refractivity contribution is 5.98. The molecule has 1 fully saturated rings. The van der Waals surface area contributed by atoms with Gasteiger partial charge in [-0.05, 0) is 67.3 Å². The lowest BCUT2D eigenvalue weighted by molar-refractivity contribution is -0.385. The second-order valence-electron chi connectivity index (χ2n) is 9.89. The van der Waals surface area contributed by atoms with Crippen molar-refractivity contribution in [3.63, 3.8) is 0 Å². The maximum atomic E-state index is 14.3. The number of likely N-dealkylation sites (tertiary alicyclic amines) is 1. The molecule has 0 N–H and O–H groups in total. The van der Waals surface area contributed by atoms with Crippen LogP contribution in [0.2, 0.25) is 0 Å². The molecule has 0 aromatic heterocycles. The van der Waals surface area contributed by atoms with Crippen LogP contribution in [-0.4, -0.2) is 41.3 Å². The summed E-state index contributed by atoms with van der Waals surface area (Å²) in [7, 11) is 0. The Hall–Kier alpha value is -4.21. The van der Waals surface area contributed by atoms with Crippen LogP contribution in [0.25, 0.3) is 0 Å². The quantitative estimate of drug-likeness (QED) is 0.353. The molecule has 10 heteroatoms. The average molecular weight is 524 g/mol. The van der Waals surface area contributed by atoms with Gasteiger partial charge in [0.05, 0.1) is 16.9 Å². The first-order valence-corrected chi connectivity index (χ1v) is 12.2. The number of hydrogen-bond acceptors (Lipinski definition) is 4. The van der Waals surface area contributed by atoms with Crippen LogP contribution in [0.5, 0.6) is 0 Å². The van der Waals surface area contributed by atoms with Gasteiger partial charge in [0.1, 0.15) is 17.5 Å². The summed E-state index contributed by atoms with van der Waals surface area (Å²) in [5, 5.41) is 11.3. The maximum absolute atomic E-state index is 14.3. The first-order chi connectivity index (χ1) is 18.1. The molecule has 38 heavy (non-hydrogen) atoms. The molecule has 1 spiro atoms. The molecule has 1 saturated heterocycles. The topological polar surface area (TPSA) is 83.8 Å². The minimum atomic E-state index is -0.807. The fourth-order valence-electron chi connectivity index (χ4n) is 5.49. The van der Waals surface area contributed by atoms with Crippen molar-refractivity contribution in [2.24, 2.45) is 0 Å². The summed E-state index contributed by atoms with van der Waals surface area (Å²) in [6, 6.07) is 11.6. The molecule has 2 aliphatic heterocycles. The molecule has 0 bridgehead atoms. The van der Waals surface area contributed by atoms with E-state index in [-0.39, 0.29) is 43.2 Å². The van der Waals surface area contributed by atoms with E-state index in [0.29, 0.717) is 35.2 Å². The molecule has 2 aliphatic rings. The minimum Gasteiger partial charge on any atom is -0.338 e. The van der Waals surface area contributed by atoms with Crippen LogP contribution in [0.1, 0.15) is 39.9 Å². The van der Waals surface area contributed by atoms with E-state index in [9.17, 15) is 32.9 Å². The van der Waals surface area contributed by atoms with Crippen LogP contribution < -0.4 is 4.90 Å². The van der Waals surface area contributed by atoms with Crippen LogP contribution in [0.3, 0.4) is 0 Å². The molecule has 0 radical (unpaired) electrons. The van der Waals surface area contributed by atoms with Gasteiger partial charge in [-0.15, -0.1) is 0 Å². The van der Waals surface area contributed by atoms with Crippen molar-refractivity contribution >= 4 is 23.2 Å². The van der Waals surface area contributed by atoms with Crippen molar-refractivity contribution < 1.29 is 27.7 Å². The van der Waals surface area contributed by atoms with Crippen LogP contribution >= 0.6 is 0 Å². The Bertz CT molecular complexity index is 1470. The molecular weight excluding hydrogens is 499 g/mol. The number of nitro benzene ring substituents is 1. The summed E-state index contributed by atoms with van der Waals surface area (Å²) in [6.45, 7) is 2.32. The molecule has 0 unspecified atom stereocenters. The zero-order valence-corrected chi connectivity index (χ0v) is 20.5. The summed E-state index contributed by atoms with van der Waals surface area (Å²) in [5.74, 6) is -2.88. The lowest BCUT2D eigenvalue weighted by Gasteiger charge is -2.40. The fourth-order valence-corrected chi connectivity index (χ4v) is 5.49. The third-order valence-electron chi connectivity index (χ3n) is 7.57. The fraction of sp³-hybridized carbons (Fsp3) is 0.286. The normalized spacial score (nSPS) is 16.0. The maximum Gasteiger partial charge on any atom is 0.272 e. The Labute approximate surface area is 216 Å². The van der Waals surface area contributed by atoms with Gasteiger partial charge in [-0.25, -0.2) is 13.2 Å². The Balaban J connectivity index is 1.37. The number of aryl methyl sites for hydroxylation is 1. The van der Waals surface area contributed by atoms with Gasteiger partial charge < -0.3 is 9.80 Å². The van der Waals surface area contributed by atoms with Crippen molar-refractivity contribution in [2.45, 2.75) is 31.6 Å². The van der Waals surface area contributed by atoms with E-state index in [0.717, 1.165) is 18.2 Å². The Morgan fingerprint density at radius 2 is 1.66 bits per heavy atom. The summed E-state index contributed by atoms with van der Waals surface area (Å²) < 4.78 is 42.1. The number of nitrogens with zero attached hydrogens (tertiary/aromatic N) is 3. The molecule has 2 heterocycles. The Morgan fingerprint density at radius 1 is 0.974 bits per heavy atom. The first-order valence-electron chi connectivity index (χ1n) is 12.2. The van der Waals surface area contributed by atoms with Gasteiger partial charge in [-0.3, -0.25) is 19.7 Å². The largest absolute Gasteiger partial charge is 0.338 e. The van der Waals surface area contributed by atoms with Crippen LogP contribution in [0, 0.1) is 34.5 Å². The van der Waals surface area contributed by atoms with E-state index < -0.39 is 33.7 Å². The average Bonchev–Trinajstić information content (AvgIpc) is 3.19. The van der Waals surface area contributed by atoms with E-state index >= 15 is 0 Å². The number of hydrogen-bond donors (Lipinski definition) is 0. The van der Waals surface area contributed by atoms with Gasteiger partial charge in [-0.1, -0.05) is 12.1 Å². The monoisotopic (exact) mass is 523 g/mol. The van der Waals surface area contributed by atoms with Crippen LogP contribution in [0.15, 0.2) is 54.6 Å². The molecule has 0 saturated carbocycles. The molecule has 0 atom stereocenters. The zero-order valence-electron chi connectivity index (χ0n) is 20.5. The van der Waals surface area contributed by atoms with E-state index in [1.165, 1.54) is 23.1 Å². The van der Waals surface area contributed by atoms with E-state index in [1.807, 2.05) is 0 Å². The number of piperidine rings is 1. The lowest BCUT2D eigenvalue weighted by atomic mass is 9.74. The Morgan fingerprint density at radius 3 is 2.37 bits per heavy atom. The van der Waals surface area contributed by atoms with Gasteiger partial charge in [0.15, 0.2) is 0 Å². The van der Waals surface area contributed by atoms with Crippen molar-refractivity contribution in [3.05, 3.63) is 104 Å². The third kappa shape index (κ3) is 4.51.